The number of hydrogen-bond acceptors (Lipinski definition) is 4. The fourth-order valence-corrected chi connectivity index (χ4v) is 10.6. The largest absolute Gasteiger partial charge is 0.309 e. The highest BCUT2D eigenvalue weighted by Gasteiger charge is 2.21. The topological polar surface area (TPSA) is 48.5 Å². The molecular weight excluding hydrogens is 787 g/mol. The molecule has 0 N–H and O–H groups in total. The van der Waals surface area contributed by atoms with E-state index >= 15 is 0 Å². The highest BCUT2D eigenvalue weighted by atomic mass is 32.1. The molecule has 4 aromatic heterocycles. The molecule has 0 radical (unpaired) electrons. The van der Waals surface area contributed by atoms with E-state index in [0.29, 0.717) is 17.5 Å². The molecule has 0 spiro atoms. The third-order valence-electron chi connectivity index (χ3n) is 12.4. The van der Waals surface area contributed by atoms with Crippen LogP contribution >= 0.6 is 11.3 Å². The Hall–Kier alpha value is -8.19. The molecule has 63 heavy (non-hydrogen) atoms. The van der Waals surface area contributed by atoms with Crippen LogP contribution in [-0.4, -0.2) is 24.1 Å². The van der Waals surface area contributed by atoms with Crippen LogP contribution in [0.15, 0.2) is 212 Å². The first kappa shape index (κ1) is 35.6. The molecule has 9 aromatic carbocycles. The molecule has 0 aliphatic heterocycles. The highest BCUT2D eigenvalue weighted by Crippen LogP contribution is 2.45. The normalized spacial score (nSPS) is 11.8. The molecule has 5 nitrogen and oxygen atoms in total. The van der Waals surface area contributed by atoms with E-state index in [9.17, 15) is 0 Å². The van der Waals surface area contributed by atoms with Gasteiger partial charge >= 0.3 is 0 Å². The molecule has 0 saturated carbocycles. The molecule has 13 rings (SSSR count). The van der Waals surface area contributed by atoms with Crippen LogP contribution in [0.4, 0.5) is 0 Å². The lowest BCUT2D eigenvalue weighted by Gasteiger charge is -2.10. The van der Waals surface area contributed by atoms with Crippen LogP contribution in [0.2, 0.25) is 0 Å². The third kappa shape index (κ3) is 5.73. The molecule has 0 aliphatic rings. The van der Waals surface area contributed by atoms with Gasteiger partial charge in [-0.25, -0.2) is 15.0 Å². The number of rotatable bonds is 6. The summed E-state index contributed by atoms with van der Waals surface area (Å²) in [7, 11) is 0. The standard InChI is InChI=1S/C57H35N5S/c1-5-15-36(16-6-1)39-25-28-44-43-23-13-14-24-47(43)62(50(44)34-39)42-27-31-51-46(35-42)54-52(63-51)32-30-49-53(54)45-33-40(26-29-48(45)61(49)41-21-11-4-12-22-41)57-59-55(37-17-7-2-8-18-37)58-56(60-57)38-19-9-3-10-20-38/h1-35H. The number of nitrogens with zero attached hydrogens (tertiary/aromatic N) is 5. The van der Waals surface area contributed by atoms with E-state index in [0.717, 1.165) is 44.5 Å². The van der Waals surface area contributed by atoms with Gasteiger partial charge in [-0.3, -0.25) is 0 Å². The summed E-state index contributed by atoms with van der Waals surface area (Å²) in [6, 6.07) is 75.7. The van der Waals surface area contributed by atoms with Gasteiger partial charge in [0, 0.05) is 69.8 Å². The molecule has 0 unspecified atom stereocenters. The highest BCUT2D eigenvalue weighted by molar-refractivity contribution is 7.26. The van der Waals surface area contributed by atoms with Gasteiger partial charge in [0.15, 0.2) is 17.5 Å². The van der Waals surface area contributed by atoms with E-state index in [1.165, 1.54) is 58.5 Å². The van der Waals surface area contributed by atoms with Crippen molar-refractivity contribution in [2.45, 2.75) is 0 Å². The minimum atomic E-state index is 0.635. The molecule has 0 fully saturated rings. The second-order valence-electron chi connectivity index (χ2n) is 16.0. The summed E-state index contributed by atoms with van der Waals surface area (Å²) < 4.78 is 7.35. The molecular formula is C57H35N5S. The van der Waals surface area contributed by atoms with E-state index in [1.54, 1.807) is 0 Å². The zero-order valence-electron chi connectivity index (χ0n) is 33.9. The minimum absolute atomic E-state index is 0.635. The molecule has 0 atom stereocenters. The number of fused-ring (bicyclic) bond motifs is 10. The summed E-state index contributed by atoms with van der Waals surface area (Å²) in [5.74, 6) is 1.92. The Bertz CT molecular complexity index is 3830. The van der Waals surface area contributed by atoms with Crippen LogP contribution in [0.3, 0.4) is 0 Å². The number of hydrogen-bond donors (Lipinski definition) is 0. The van der Waals surface area contributed by atoms with Crippen molar-refractivity contribution in [3.8, 4) is 56.7 Å². The number of benzene rings is 9. The molecule has 0 aliphatic carbocycles. The van der Waals surface area contributed by atoms with E-state index in [1.807, 2.05) is 47.7 Å². The average Bonchev–Trinajstić information content (AvgIpc) is 4.01. The van der Waals surface area contributed by atoms with Crippen LogP contribution in [0.5, 0.6) is 0 Å². The second kappa shape index (κ2) is 14.2. The lowest BCUT2D eigenvalue weighted by molar-refractivity contribution is 1.07. The van der Waals surface area contributed by atoms with Crippen molar-refractivity contribution < 1.29 is 0 Å². The smallest absolute Gasteiger partial charge is 0.164 e. The average molecular weight is 822 g/mol. The van der Waals surface area contributed by atoms with Gasteiger partial charge in [0.1, 0.15) is 0 Å². The Kier molecular flexibility index (Phi) is 8.01. The van der Waals surface area contributed by atoms with Crippen LogP contribution in [0.25, 0.3) is 120 Å². The summed E-state index contributed by atoms with van der Waals surface area (Å²) in [6.45, 7) is 0. The Morgan fingerprint density at radius 3 is 1.54 bits per heavy atom. The molecule has 4 heterocycles. The van der Waals surface area contributed by atoms with E-state index < -0.39 is 0 Å². The quantitative estimate of drug-likeness (QED) is 0.168. The van der Waals surface area contributed by atoms with Crippen LogP contribution in [0, 0.1) is 0 Å². The van der Waals surface area contributed by atoms with Gasteiger partial charge in [0.2, 0.25) is 0 Å². The number of thiophene rings is 1. The van der Waals surface area contributed by atoms with Crippen LogP contribution in [0.1, 0.15) is 0 Å². The van der Waals surface area contributed by atoms with Crippen LogP contribution < -0.4 is 0 Å². The molecule has 0 saturated heterocycles. The Morgan fingerprint density at radius 2 is 0.825 bits per heavy atom. The first-order valence-corrected chi connectivity index (χ1v) is 22.0. The van der Waals surface area contributed by atoms with E-state index in [4.69, 9.17) is 15.0 Å². The third-order valence-corrected chi connectivity index (χ3v) is 13.5. The summed E-state index contributed by atoms with van der Waals surface area (Å²) in [5, 5.41) is 7.33. The van der Waals surface area contributed by atoms with Crippen molar-refractivity contribution in [3.63, 3.8) is 0 Å². The van der Waals surface area contributed by atoms with Crippen molar-refractivity contribution in [3.05, 3.63) is 212 Å². The van der Waals surface area contributed by atoms with Gasteiger partial charge in [-0.2, -0.15) is 0 Å². The van der Waals surface area contributed by atoms with Crippen molar-refractivity contribution in [1.82, 2.24) is 24.1 Å². The number of aromatic nitrogens is 5. The summed E-state index contributed by atoms with van der Waals surface area (Å²) >= 11 is 1.85. The molecule has 0 amide bonds. The maximum absolute atomic E-state index is 5.14. The zero-order valence-corrected chi connectivity index (χ0v) is 34.7. The maximum Gasteiger partial charge on any atom is 0.164 e. The van der Waals surface area contributed by atoms with Gasteiger partial charge < -0.3 is 9.13 Å². The van der Waals surface area contributed by atoms with E-state index in [-0.39, 0.29) is 0 Å². The first-order chi connectivity index (χ1) is 31.2. The van der Waals surface area contributed by atoms with E-state index in [2.05, 4.69) is 185 Å². The molecule has 13 aromatic rings. The summed E-state index contributed by atoms with van der Waals surface area (Å²) in [6.07, 6.45) is 0. The fourth-order valence-electron chi connectivity index (χ4n) is 9.50. The minimum Gasteiger partial charge on any atom is -0.309 e. The van der Waals surface area contributed by atoms with Crippen molar-refractivity contribution in [2.75, 3.05) is 0 Å². The molecule has 6 heteroatoms. The SMILES string of the molecule is c1ccc(-c2ccc3c4ccccc4n(-c4ccc5sc6ccc7c(c8cc(-c9nc(-c%10ccccc%10)nc(-c%10ccccc%10)n9)ccc8n7-c7ccccc7)c6c5c4)c3c2)cc1. The summed E-state index contributed by atoms with van der Waals surface area (Å²) in [5.41, 5.74) is 12.1. The monoisotopic (exact) mass is 821 g/mol. The Balaban J connectivity index is 1.08. The lowest BCUT2D eigenvalue weighted by atomic mass is 10.0. The maximum atomic E-state index is 5.14. The van der Waals surface area contributed by atoms with Gasteiger partial charge in [-0.05, 0) is 83.9 Å². The van der Waals surface area contributed by atoms with Crippen LogP contribution in [-0.2, 0) is 0 Å². The lowest BCUT2D eigenvalue weighted by Crippen LogP contribution is -2.00. The Morgan fingerprint density at radius 1 is 0.286 bits per heavy atom. The molecule has 0 bridgehead atoms. The first-order valence-electron chi connectivity index (χ1n) is 21.2. The predicted octanol–water partition coefficient (Wildman–Crippen LogP) is 15.1. The van der Waals surface area contributed by atoms with Gasteiger partial charge in [-0.1, -0.05) is 140 Å². The second-order valence-corrected chi connectivity index (χ2v) is 17.1. The zero-order chi connectivity index (χ0) is 41.4. The fraction of sp³-hybridized carbons (Fsp3) is 0. The van der Waals surface area contributed by atoms with Crippen molar-refractivity contribution in [2.24, 2.45) is 0 Å². The predicted molar refractivity (Wildman–Crippen MR) is 263 cm³/mol. The van der Waals surface area contributed by atoms with Crippen molar-refractivity contribution in [1.29, 1.82) is 0 Å². The summed E-state index contributed by atoms with van der Waals surface area (Å²) in [4.78, 5) is 15.3. The van der Waals surface area contributed by atoms with Gasteiger partial charge in [0.25, 0.3) is 0 Å². The van der Waals surface area contributed by atoms with Crippen molar-refractivity contribution >= 4 is 75.1 Å². The van der Waals surface area contributed by atoms with Gasteiger partial charge in [-0.15, -0.1) is 11.3 Å². The van der Waals surface area contributed by atoms with Gasteiger partial charge in [0.05, 0.1) is 22.1 Å². The number of para-hydroxylation sites is 2. The molecule has 294 valence electrons. The Labute approximate surface area is 366 Å².